The van der Waals surface area contributed by atoms with Gasteiger partial charge in [-0.15, -0.1) is 0 Å². The molecule has 9 heteroatoms. The monoisotopic (exact) mass is 472 g/mol. The number of hydrogen-bond donors (Lipinski definition) is 2. The smallest absolute Gasteiger partial charge is 0.261 e. The van der Waals surface area contributed by atoms with Crippen LogP contribution in [0.25, 0.3) is 0 Å². The van der Waals surface area contributed by atoms with Crippen LogP contribution in [0.4, 0.5) is 10.1 Å². The zero-order chi connectivity index (χ0) is 23.8. The van der Waals surface area contributed by atoms with Gasteiger partial charge in [-0.05, 0) is 80.1 Å². The highest BCUT2D eigenvalue weighted by Crippen LogP contribution is 2.21. The molecule has 0 fully saturated rings. The van der Waals surface area contributed by atoms with Crippen molar-refractivity contribution in [3.05, 3.63) is 84.2 Å². The van der Waals surface area contributed by atoms with E-state index < -0.39 is 10.0 Å². The van der Waals surface area contributed by atoms with Gasteiger partial charge in [-0.3, -0.25) is 9.52 Å². The Balaban J connectivity index is 1.53. The number of anilines is 1. The van der Waals surface area contributed by atoms with E-state index in [4.69, 9.17) is 9.47 Å². The maximum atomic E-state index is 13.0. The zero-order valence-electron chi connectivity index (χ0n) is 18.2. The van der Waals surface area contributed by atoms with Crippen LogP contribution >= 0.6 is 0 Å². The minimum atomic E-state index is -3.79. The van der Waals surface area contributed by atoms with Gasteiger partial charge in [0.15, 0.2) is 6.61 Å². The highest BCUT2D eigenvalue weighted by atomic mass is 32.2. The van der Waals surface area contributed by atoms with Crippen LogP contribution in [0.15, 0.2) is 77.7 Å². The van der Waals surface area contributed by atoms with E-state index in [1.54, 1.807) is 43.3 Å². The predicted molar refractivity (Wildman–Crippen MR) is 123 cm³/mol. The van der Waals surface area contributed by atoms with Crippen LogP contribution in [-0.2, 0) is 14.8 Å². The molecule has 0 aliphatic heterocycles. The minimum absolute atomic E-state index is 0.0538. The first-order chi connectivity index (χ1) is 15.8. The lowest BCUT2D eigenvalue weighted by atomic mass is 10.1. The molecule has 2 N–H and O–H groups in total. The Morgan fingerprint density at radius 2 is 1.48 bits per heavy atom. The van der Waals surface area contributed by atoms with Crippen molar-refractivity contribution in [2.75, 3.05) is 17.9 Å². The van der Waals surface area contributed by atoms with Gasteiger partial charge in [0, 0.05) is 5.69 Å². The molecule has 0 heterocycles. The Bertz CT molecular complexity index is 1160. The van der Waals surface area contributed by atoms with Crippen molar-refractivity contribution in [1.29, 1.82) is 0 Å². The lowest BCUT2D eigenvalue weighted by Crippen LogP contribution is -2.31. The number of carbonyl (C=O) groups is 1. The van der Waals surface area contributed by atoms with E-state index in [0.717, 1.165) is 5.56 Å². The summed E-state index contributed by atoms with van der Waals surface area (Å²) in [5.74, 6) is 0.291. The number of nitrogens with one attached hydrogen (secondary N) is 2. The molecule has 0 radical (unpaired) electrons. The fourth-order valence-corrected chi connectivity index (χ4v) is 4.04. The van der Waals surface area contributed by atoms with Crippen molar-refractivity contribution in [3.8, 4) is 11.5 Å². The first-order valence-corrected chi connectivity index (χ1v) is 11.8. The number of halogens is 1. The summed E-state index contributed by atoms with van der Waals surface area (Å²) in [7, 11) is -3.79. The third-order valence-corrected chi connectivity index (χ3v) is 6.07. The molecule has 1 unspecified atom stereocenters. The summed E-state index contributed by atoms with van der Waals surface area (Å²) in [6.45, 7) is 3.92. The molecule has 0 aliphatic carbocycles. The zero-order valence-corrected chi connectivity index (χ0v) is 19.1. The number of amides is 1. The summed E-state index contributed by atoms with van der Waals surface area (Å²) in [4.78, 5) is 12.2. The molecule has 3 aromatic carbocycles. The lowest BCUT2D eigenvalue weighted by molar-refractivity contribution is -0.123. The number of sulfonamides is 1. The van der Waals surface area contributed by atoms with Gasteiger partial charge in [0.05, 0.1) is 17.5 Å². The molecule has 0 bridgehead atoms. The fourth-order valence-electron chi connectivity index (χ4n) is 2.98. The summed E-state index contributed by atoms with van der Waals surface area (Å²) in [6, 6.07) is 17.9. The highest BCUT2D eigenvalue weighted by Gasteiger charge is 2.15. The molecule has 3 aromatic rings. The molecule has 0 saturated heterocycles. The van der Waals surface area contributed by atoms with Crippen LogP contribution in [0.2, 0.25) is 0 Å². The Morgan fingerprint density at radius 1 is 0.909 bits per heavy atom. The summed E-state index contributed by atoms with van der Waals surface area (Å²) >= 11 is 0. The Kier molecular flexibility index (Phi) is 7.89. The quantitative estimate of drug-likeness (QED) is 0.459. The summed E-state index contributed by atoms with van der Waals surface area (Å²) in [5.41, 5.74) is 1.17. The predicted octanol–water partition coefficient (Wildman–Crippen LogP) is 4.28. The maximum Gasteiger partial charge on any atom is 0.261 e. The third kappa shape index (κ3) is 6.95. The number of ether oxygens (including phenoxy) is 2. The molecule has 0 aliphatic rings. The van der Waals surface area contributed by atoms with Gasteiger partial charge in [-0.1, -0.05) is 12.1 Å². The molecule has 1 amide bonds. The Labute approximate surface area is 192 Å². The number of rotatable bonds is 10. The van der Waals surface area contributed by atoms with Gasteiger partial charge >= 0.3 is 0 Å². The summed E-state index contributed by atoms with van der Waals surface area (Å²) in [6.07, 6.45) is 0. The lowest BCUT2D eigenvalue weighted by Gasteiger charge is -2.15. The van der Waals surface area contributed by atoms with Crippen LogP contribution in [-0.4, -0.2) is 27.5 Å². The van der Waals surface area contributed by atoms with Gasteiger partial charge < -0.3 is 14.8 Å². The minimum Gasteiger partial charge on any atom is -0.494 e. The number of benzene rings is 3. The van der Waals surface area contributed by atoms with Crippen LogP contribution in [0.1, 0.15) is 25.5 Å². The first-order valence-electron chi connectivity index (χ1n) is 10.3. The molecule has 33 heavy (non-hydrogen) atoms. The van der Waals surface area contributed by atoms with Crippen LogP contribution in [0.3, 0.4) is 0 Å². The Hall–Kier alpha value is -3.59. The SMILES string of the molecule is CCOc1ccc(NS(=O)(=O)c2ccc(OCC(=O)NC(C)c3ccc(F)cc3)cc2)cc1. The third-order valence-electron chi connectivity index (χ3n) is 4.67. The van der Waals surface area contributed by atoms with E-state index in [2.05, 4.69) is 10.0 Å². The second-order valence-corrected chi connectivity index (χ2v) is 8.85. The molecular formula is C24H25FN2O5S. The summed E-state index contributed by atoms with van der Waals surface area (Å²) in [5, 5.41) is 2.76. The van der Waals surface area contributed by atoms with E-state index >= 15 is 0 Å². The van der Waals surface area contributed by atoms with E-state index in [9.17, 15) is 17.6 Å². The number of hydrogen-bond acceptors (Lipinski definition) is 5. The van der Waals surface area contributed by atoms with E-state index in [0.29, 0.717) is 23.8 Å². The van der Waals surface area contributed by atoms with Gasteiger partial charge in [0.25, 0.3) is 15.9 Å². The van der Waals surface area contributed by atoms with Crippen molar-refractivity contribution < 1.29 is 27.1 Å². The second kappa shape index (κ2) is 10.8. The van der Waals surface area contributed by atoms with Gasteiger partial charge in [-0.25, -0.2) is 12.8 Å². The standard InChI is InChI=1S/C24H25FN2O5S/c1-3-31-21-10-8-20(9-11-21)27-33(29,30)23-14-12-22(13-15-23)32-16-24(28)26-17(2)18-4-6-19(25)7-5-18/h4-15,17,27H,3,16H2,1-2H3,(H,26,28). The number of carbonyl (C=O) groups excluding carboxylic acids is 1. The normalized spacial score (nSPS) is 12.0. The van der Waals surface area contributed by atoms with Crippen molar-refractivity contribution >= 4 is 21.6 Å². The molecular weight excluding hydrogens is 447 g/mol. The van der Waals surface area contributed by atoms with Crippen LogP contribution in [0.5, 0.6) is 11.5 Å². The van der Waals surface area contributed by atoms with E-state index in [1.165, 1.54) is 36.4 Å². The molecule has 1 atom stereocenters. The Morgan fingerprint density at radius 3 is 2.09 bits per heavy atom. The van der Waals surface area contributed by atoms with Gasteiger partial charge in [0.1, 0.15) is 17.3 Å². The van der Waals surface area contributed by atoms with Gasteiger partial charge in [0.2, 0.25) is 0 Å². The molecule has 3 rings (SSSR count). The van der Waals surface area contributed by atoms with Crippen LogP contribution < -0.4 is 19.5 Å². The molecule has 0 aromatic heterocycles. The van der Waals surface area contributed by atoms with Crippen molar-refractivity contribution in [1.82, 2.24) is 5.32 Å². The highest BCUT2D eigenvalue weighted by molar-refractivity contribution is 7.92. The van der Waals surface area contributed by atoms with Crippen LogP contribution in [0, 0.1) is 5.82 Å². The van der Waals surface area contributed by atoms with E-state index in [-0.39, 0.29) is 29.3 Å². The molecule has 0 saturated carbocycles. The van der Waals surface area contributed by atoms with Gasteiger partial charge in [-0.2, -0.15) is 0 Å². The molecule has 0 spiro atoms. The van der Waals surface area contributed by atoms with Crippen molar-refractivity contribution in [3.63, 3.8) is 0 Å². The maximum absolute atomic E-state index is 13.0. The average molecular weight is 473 g/mol. The second-order valence-electron chi connectivity index (χ2n) is 7.16. The van der Waals surface area contributed by atoms with Crippen molar-refractivity contribution in [2.24, 2.45) is 0 Å². The van der Waals surface area contributed by atoms with E-state index in [1.807, 2.05) is 6.92 Å². The topological polar surface area (TPSA) is 93.7 Å². The molecule has 7 nitrogen and oxygen atoms in total. The first kappa shape index (κ1) is 24.1. The fraction of sp³-hybridized carbons (Fsp3) is 0.208. The van der Waals surface area contributed by atoms with Crippen molar-refractivity contribution in [2.45, 2.75) is 24.8 Å². The average Bonchev–Trinajstić information content (AvgIpc) is 2.80. The largest absolute Gasteiger partial charge is 0.494 e. The summed E-state index contributed by atoms with van der Waals surface area (Å²) < 4.78 is 51.5. The molecule has 174 valence electrons.